The van der Waals surface area contributed by atoms with E-state index in [1.807, 2.05) is 6.92 Å². The number of esters is 1. The Bertz CT molecular complexity index is 256. The zero-order valence-electron chi connectivity index (χ0n) is 6.33. The first-order chi connectivity index (χ1) is 5.27. The summed E-state index contributed by atoms with van der Waals surface area (Å²) in [7, 11) is 1.27. The van der Waals surface area contributed by atoms with Gasteiger partial charge >= 0.3 is 5.97 Å². The van der Waals surface area contributed by atoms with Crippen molar-refractivity contribution in [1.82, 2.24) is 10.1 Å². The van der Waals surface area contributed by atoms with E-state index >= 15 is 0 Å². The molecule has 1 heterocycles. The lowest BCUT2D eigenvalue weighted by Gasteiger charge is -1.87. The summed E-state index contributed by atoms with van der Waals surface area (Å²) in [6.07, 6.45) is 0.615. The first kappa shape index (κ1) is 7.71. The van der Waals surface area contributed by atoms with Gasteiger partial charge in [-0.2, -0.15) is 4.98 Å². The van der Waals surface area contributed by atoms with Gasteiger partial charge in [-0.3, -0.25) is 0 Å². The third-order valence-electron chi connectivity index (χ3n) is 1.14. The smallest absolute Gasteiger partial charge is 0.379 e. The van der Waals surface area contributed by atoms with Crippen LogP contribution in [0, 0.1) is 0 Å². The third kappa shape index (κ3) is 1.54. The molecule has 0 spiro atoms. The topological polar surface area (TPSA) is 65.2 Å². The Hall–Kier alpha value is -1.39. The average Bonchev–Trinajstić information content (AvgIpc) is 2.50. The highest BCUT2D eigenvalue weighted by molar-refractivity contribution is 5.84. The predicted molar refractivity (Wildman–Crippen MR) is 35.0 cm³/mol. The van der Waals surface area contributed by atoms with Gasteiger partial charge in [-0.1, -0.05) is 6.92 Å². The van der Waals surface area contributed by atoms with Gasteiger partial charge in [0.05, 0.1) is 7.11 Å². The van der Waals surface area contributed by atoms with Crippen LogP contribution in [0.4, 0.5) is 0 Å². The highest BCUT2D eigenvalue weighted by Gasteiger charge is 2.12. The average molecular weight is 156 g/mol. The normalized spacial score (nSPS) is 9.64. The molecule has 1 rings (SSSR count). The number of hydrogen-bond acceptors (Lipinski definition) is 5. The molecule has 0 amide bonds. The lowest BCUT2D eigenvalue weighted by Crippen LogP contribution is -2.03. The Balaban J connectivity index is 2.80. The van der Waals surface area contributed by atoms with Gasteiger partial charge in [0.2, 0.25) is 5.89 Å². The molecule has 0 saturated heterocycles. The summed E-state index contributed by atoms with van der Waals surface area (Å²) in [5.74, 6) is -0.164. The number of carbonyl (C=O) groups is 1. The van der Waals surface area contributed by atoms with E-state index in [0.717, 1.165) is 0 Å². The zero-order valence-corrected chi connectivity index (χ0v) is 6.33. The molecule has 0 aromatic carbocycles. The fourth-order valence-corrected chi connectivity index (χ4v) is 0.573. The SMILES string of the molecule is CCc1nc(C(=O)OC)no1. The van der Waals surface area contributed by atoms with E-state index in [0.29, 0.717) is 12.3 Å². The maximum Gasteiger partial charge on any atom is 0.379 e. The molecule has 0 atom stereocenters. The van der Waals surface area contributed by atoms with Crippen LogP contribution in [-0.2, 0) is 11.2 Å². The van der Waals surface area contributed by atoms with E-state index in [2.05, 4.69) is 19.4 Å². The highest BCUT2D eigenvalue weighted by Crippen LogP contribution is 1.98. The number of rotatable bonds is 2. The minimum absolute atomic E-state index is 0.0237. The first-order valence-electron chi connectivity index (χ1n) is 3.18. The molecule has 0 N–H and O–H groups in total. The molecule has 5 heteroatoms. The molecule has 0 unspecified atom stereocenters. The molecule has 0 fully saturated rings. The summed E-state index contributed by atoms with van der Waals surface area (Å²) in [5.41, 5.74) is 0. The van der Waals surface area contributed by atoms with E-state index in [4.69, 9.17) is 0 Å². The second-order valence-corrected chi connectivity index (χ2v) is 1.86. The molecule has 11 heavy (non-hydrogen) atoms. The molecule has 0 aliphatic rings. The molecule has 0 aliphatic carbocycles. The van der Waals surface area contributed by atoms with Gasteiger partial charge in [-0.05, 0) is 5.16 Å². The number of nitrogens with zero attached hydrogens (tertiary/aromatic N) is 2. The second-order valence-electron chi connectivity index (χ2n) is 1.86. The van der Waals surface area contributed by atoms with Crippen molar-refractivity contribution in [1.29, 1.82) is 0 Å². The molecule has 0 bridgehead atoms. The standard InChI is InChI=1S/C6H8N2O3/c1-3-4-7-5(8-11-4)6(9)10-2/h3H2,1-2H3. The van der Waals surface area contributed by atoms with Crippen LogP contribution in [0.25, 0.3) is 0 Å². The van der Waals surface area contributed by atoms with Crippen LogP contribution in [0.15, 0.2) is 4.52 Å². The predicted octanol–water partition coefficient (Wildman–Crippen LogP) is 0.419. The Labute approximate surface area is 63.4 Å². The number of ether oxygens (including phenoxy) is 1. The fourth-order valence-electron chi connectivity index (χ4n) is 0.573. The molecular formula is C6H8N2O3. The summed E-state index contributed by atoms with van der Waals surface area (Å²) in [6.45, 7) is 1.86. The summed E-state index contributed by atoms with van der Waals surface area (Å²) in [4.78, 5) is 14.5. The minimum atomic E-state index is -0.576. The highest BCUT2D eigenvalue weighted by atomic mass is 16.5. The Morgan fingerprint density at radius 3 is 2.91 bits per heavy atom. The zero-order chi connectivity index (χ0) is 8.27. The maximum absolute atomic E-state index is 10.7. The largest absolute Gasteiger partial charge is 0.463 e. The van der Waals surface area contributed by atoms with Crippen LogP contribution >= 0.6 is 0 Å². The van der Waals surface area contributed by atoms with E-state index in [1.54, 1.807) is 0 Å². The number of carbonyl (C=O) groups excluding carboxylic acids is 1. The van der Waals surface area contributed by atoms with Gasteiger partial charge < -0.3 is 9.26 Å². The summed E-state index contributed by atoms with van der Waals surface area (Å²) in [5, 5.41) is 3.40. The molecule has 1 aromatic heterocycles. The third-order valence-corrected chi connectivity index (χ3v) is 1.14. The summed E-state index contributed by atoms with van der Waals surface area (Å²) in [6, 6.07) is 0. The minimum Gasteiger partial charge on any atom is -0.463 e. The van der Waals surface area contributed by atoms with E-state index in [-0.39, 0.29) is 5.82 Å². The monoisotopic (exact) mass is 156 g/mol. The van der Waals surface area contributed by atoms with Crippen molar-refractivity contribution in [2.24, 2.45) is 0 Å². The van der Waals surface area contributed by atoms with Crippen molar-refractivity contribution in [3.05, 3.63) is 11.7 Å². The van der Waals surface area contributed by atoms with Gasteiger partial charge in [0.15, 0.2) is 0 Å². The van der Waals surface area contributed by atoms with Crippen LogP contribution in [-0.4, -0.2) is 23.2 Å². The number of aromatic nitrogens is 2. The van der Waals surface area contributed by atoms with Crippen LogP contribution in [0.1, 0.15) is 23.4 Å². The van der Waals surface area contributed by atoms with E-state index in [9.17, 15) is 4.79 Å². The Morgan fingerprint density at radius 1 is 1.73 bits per heavy atom. The van der Waals surface area contributed by atoms with Gasteiger partial charge in [-0.15, -0.1) is 0 Å². The van der Waals surface area contributed by atoms with Gasteiger partial charge in [-0.25, -0.2) is 4.79 Å². The second kappa shape index (κ2) is 3.14. The summed E-state index contributed by atoms with van der Waals surface area (Å²) < 4.78 is 9.04. The lowest BCUT2D eigenvalue weighted by molar-refractivity contribution is 0.0583. The van der Waals surface area contributed by atoms with Crippen molar-refractivity contribution in [3.8, 4) is 0 Å². The molecular weight excluding hydrogens is 148 g/mol. The van der Waals surface area contributed by atoms with Gasteiger partial charge in [0, 0.05) is 6.42 Å². The lowest BCUT2D eigenvalue weighted by atomic mass is 10.5. The summed E-state index contributed by atoms with van der Waals surface area (Å²) >= 11 is 0. The van der Waals surface area contributed by atoms with Crippen molar-refractivity contribution in [2.45, 2.75) is 13.3 Å². The first-order valence-corrected chi connectivity index (χ1v) is 3.18. The molecule has 0 aliphatic heterocycles. The molecule has 0 saturated carbocycles. The van der Waals surface area contributed by atoms with Crippen molar-refractivity contribution < 1.29 is 14.1 Å². The van der Waals surface area contributed by atoms with Crippen LogP contribution in [0.5, 0.6) is 0 Å². The quantitative estimate of drug-likeness (QED) is 0.580. The molecule has 5 nitrogen and oxygen atoms in total. The Morgan fingerprint density at radius 2 is 2.45 bits per heavy atom. The van der Waals surface area contributed by atoms with Gasteiger partial charge in [0.1, 0.15) is 0 Å². The maximum atomic E-state index is 10.7. The van der Waals surface area contributed by atoms with Crippen molar-refractivity contribution in [2.75, 3.05) is 7.11 Å². The Kier molecular flexibility index (Phi) is 2.20. The number of aryl methyl sites for hydroxylation is 1. The van der Waals surface area contributed by atoms with Crippen molar-refractivity contribution in [3.63, 3.8) is 0 Å². The van der Waals surface area contributed by atoms with Crippen LogP contribution in [0.2, 0.25) is 0 Å². The molecule has 0 radical (unpaired) electrons. The van der Waals surface area contributed by atoms with E-state index < -0.39 is 5.97 Å². The molecule has 60 valence electrons. The number of methoxy groups -OCH3 is 1. The van der Waals surface area contributed by atoms with Crippen LogP contribution < -0.4 is 0 Å². The van der Waals surface area contributed by atoms with E-state index in [1.165, 1.54) is 7.11 Å². The number of hydrogen-bond donors (Lipinski definition) is 0. The molecule has 1 aromatic rings. The van der Waals surface area contributed by atoms with Crippen molar-refractivity contribution >= 4 is 5.97 Å². The van der Waals surface area contributed by atoms with Crippen LogP contribution in [0.3, 0.4) is 0 Å². The van der Waals surface area contributed by atoms with Gasteiger partial charge in [0.25, 0.3) is 5.82 Å². The fraction of sp³-hybridized carbons (Fsp3) is 0.500.